The third kappa shape index (κ3) is 4.57. The number of anilines is 3. The monoisotopic (exact) mass is 395 g/mol. The maximum absolute atomic E-state index is 13.8. The van der Waals surface area contributed by atoms with Crippen LogP contribution in [0.1, 0.15) is 21.6 Å². The van der Waals surface area contributed by atoms with Gasteiger partial charge in [-0.3, -0.25) is 4.79 Å². The second kappa shape index (κ2) is 8.51. The summed E-state index contributed by atoms with van der Waals surface area (Å²) in [5, 5.41) is 13.6. The first kappa shape index (κ1) is 20.0. The molecule has 0 aliphatic heterocycles. The van der Waals surface area contributed by atoms with Crippen molar-refractivity contribution in [3.05, 3.63) is 65.4 Å². The number of hydrogen-bond acceptors (Lipinski definition) is 6. The van der Waals surface area contributed by atoms with Gasteiger partial charge in [-0.05, 0) is 12.1 Å². The third-order valence-electron chi connectivity index (χ3n) is 4.26. The Hall–Kier alpha value is -3.75. The number of hydrogen-bond donors (Lipinski definition) is 3. The minimum Gasteiger partial charge on any atom is -0.365 e. The minimum atomic E-state index is -0.314. The number of nitrogens with zero attached hydrogens (tertiary/aromatic N) is 4. The van der Waals surface area contributed by atoms with Gasteiger partial charge in [-0.1, -0.05) is 18.2 Å². The Bertz CT molecular complexity index is 1050. The van der Waals surface area contributed by atoms with E-state index in [-0.39, 0.29) is 18.3 Å². The van der Waals surface area contributed by atoms with Crippen LogP contribution < -0.4 is 10.6 Å². The van der Waals surface area contributed by atoms with Crippen molar-refractivity contribution in [2.45, 2.75) is 6.54 Å². The predicted octanol–water partition coefficient (Wildman–Crippen LogP) is 3.01. The quantitative estimate of drug-likeness (QED) is 0.534. The SMILES string of the molecule is CN(C)C(=O)c1cc(Nc2ncc(C=N)c(NCc3ccccc3F)n2)cn1C. The number of aromatic nitrogens is 3. The van der Waals surface area contributed by atoms with Crippen LogP contribution in [0.25, 0.3) is 0 Å². The fraction of sp³-hybridized carbons (Fsp3) is 0.200. The summed E-state index contributed by atoms with van der Waals surface area (Å²) in [6.45, 7) is 0.219. The maximum Gasteiger partial charge on any atom is 0.270 e. The molecule has 3 rings (SSSR count). The van der Waals surface area contributed by atoms with Crippen LogP contribution in [-0.4, -0.2) is 45.7 Å². The number of rotatable bonds is 7. The molecule has 3 aromatic rings. The first-order chi connectivity index (χ1) is 13.9. The molecule has 2 heterocycles. The van der Waals surface area contributed by atoms with Gasteiger partial charge >= 0.3 is 0 Å². The topological polar surface area (TPSA) is 98.9 Å². The first-order valence-corrected chi connectivity index (χ1v) is 8.89. The highest BCUT2D eigenvalue weighted by Crippen LogP contribution is 2.20. The second-order valence-electron chi connectivity index (χ2n) is 6.64. The number of halogens is 1. The minimum absolute atomic E-state index is 0.118. The second-order valence-corrected chi connectivity index (χ2v) is 6.64. The largest absolute Gasteiger partial charge is 0.365 e. The summed E-state index contributed by atoms with van der Waals surface area (Å²) in [4.78, 5) is 22.3. The lowest BCUT2D eigenvalue weighted by molar-refractivity contribution is 0.0818. The van der Waals surface area contributed by atoms with E-state index in [2.05, 4.69) is 20.6 Å². The van der Waals surface area contributed by atoms with E-state index < -0.39 is 0 Å². The van der Waals surface area contributed by atoms with Gasteiger partial charge in [-0.2, -0.15) is 4.98 Å². The normalized spacial score (nSPS) is 10.5. The molecular formula is C20H22FN7O. The zero-order chi connectivity index (χ0) is 21.0. The Morgan fingerprint density at radius 2 is 2.10 bits per heavy atom. The van der Waals surface area contributed by atoms with E-state index in [9.17, 15) is 9.18 Å². The number of aryl methyl sites for hydroxylation is 1. The lowest BCUT2D eigenvalue weighted by Gasteiger charge is -2.11. The molecule has 0 unspecified atom stereocenters. The molecule has 3 N–H and O–H groups in total. The van der Waals surface area contributed by atoms with Gasteiger partial charge in [0.05, 0.1) is 11.3 Å². The molecule has 8 nitrogen and oxygen atoms in total. The molecule has 0 bridgehead atoms. The van der Waals surface area contributed by atoms with E-state index >= 15 is 0 Å². The highest BCUT2D eigenvalue weighted by molar-refractivity contribution is 5.93. The third-order valence-corrected chi connectivity index (χ3v) is 4.26. The van der Waals surface area contributed by atoms with Crippen LogP contribution in [0.2, 0.25) is 0 Å². The summed E-state index contributed by atoms with van der Waals surface area (Å²) in [5.41, 5.74) is 2.14. The molecule has 1 aromatic carbocycles. The molecule has 0 saturated heterocycles. The van der Waals surface area contributed by atoms with Crippen molar-refractivity contribution in [1.29, 1.82) is 5.41 Å². The van der Waals surface area contributed by atoms with E-state index in [0.29, 0.717) is 34.3 Å². The van der Waals surface area contributed by atoms with E-state index in [1.165, 1.54) is 17.2 Å². The smallest absolute Gasteiger partial charge is 0.270 e. The molecule has 0 atom stereocenters. The van der Waals surface area contributed by atoms with Crippen molar-refractivity contribution in [2.24, 2.45) is 7.05 Å². The van der Waals surface area contributed by atoms with Crippen LogP contribution in [0.15, 0.2) is 42.7 Å². The van der Waals surface area contributed by atoms with Gasteiger partial charge in [0.2, 0.25) is 5.95 Å². The fourth-order valence-corrected chi connectivity index (χ4v) is 2.72. The van der Waals surface area contributed by atoms with Crippen LogP contribution in [-0.2, 0) is 13.6 Å². The highest BCUT2D eigenvalue weighted by Gasteiger charge is 2.14. The van der Waals surface area contributed by atoms with E-state index in [4.69, 9.17) is 5.41 Å². The van der Waals surface area contributed by atoms with Crippen molar-refractivity contribution in [2.75, 3.05) is 24.7 Å². The highest BCUT2D eigenvalue weighted by atomic mass is 19.1. The van der Waals surface area contributed by atoms with E-state index in [1.807, 2.05) is 0 Å². The van der Waals surface area contributed by atoms with Gasteiger partial charge in [0.1, 0.15) is 17.3 Å². The van der Waals surface area contributed by atoms with Gasteiger partial charge in [0.15, 0.2) is 0 Å². The molecule has 0 aliphatic rings. The molecule has 9 heteroatoms. The van der Waals surface area contributed by atoms with E-state index in [1.54, 1.807) is 56.2 Å². The number of amides is 1. The van der Waals surface area contributed by atoms with Gasteiger partial charge < -0.3 is 25.5 Å². The number of carbonyl (C=O) groups is 1. The van der Waals surface area contributed by atoms with Gasteiger partial charge in [-0.15, -0.1) is 0 Å². The lowest BCUT2D eigenvalue weighted by atomic mass is 10.2. The molecule has 0 radical (unpaired) electrons. The maximum atomic E-state index is 13.8. The van der Waals surface area contributed by atoms with Crippen LogP contribution in [0.5, 0.6) is 0 Å². The van der Waals surface area contributed by atoms with Crippen LogP contribution in [0, 0.1) is 11.2 Å². The zero-order valence-corrected chi connectivity index (χ0v) is 16.4. The van der Waals surface area contributed by atoms with Crippen molar-refractivity contribution >= 4 is 29.6 Å². The molecular weight excluding hydrogens is 373 g/mol. The summed E-state index contributed by atoms with van der Waals surface area (Å²) in [5.74, 6) is 0.265. The van der Waals surface area contributed by atoms with Crippen molar-refractivity contribution in [1.82, 2.24) is 19.4 Å². The number of benzene rings is 1. The molecule has 2 aromatic heterocycles. The summed E-state index contributed by atoms with van der Waals surface area (Å²) < 4.78 is 15.6. The summed E-state index contributed by atoms with van der Waals surface area (Å²) in [7, 11) is 5.16. The Balaban J connectivity index is 1.80. The van der Waals surface area contributed by atoms with Crippen molar-refractivity contribution < 1.29 is 9.18 Å². The molecule has 150 valence electrons. The fourth-order valence-electron chi connectivity index (χ4n) is 2.72. The van der Waals surface area contributed by atoms with Gasteiger partial charge in [-0.25, -0.2) is 9.37 Å². The first-order valence-electron chi connectivity index (χ1n) is 8.89. The molecule has 0 fully saturated rings. The van der Waals surface area contributed by atoms with Crippen LogP contribution in [0.4, 0.5) is 21.8 Å². The number of carbonyl (C=O) groups excluding carboxylic acids is 1. The Morgan fingerprint density at radius 3 is 2.79 bits per heavy atom. The van der Waals surface area contributed by atoms with E-state index in [0.717, 1.165) is 6.21 Å². The van der Waals surface area contributed by atoms with Crippen LogP contribution >= 0.6 is 0 Å². The molecule has 1 amide bonds. The Morgan fingerprint density at radius 1 is 1.34 bits per heavy atom. The average molecular weight is 395 g/mol. The average Bonchev–Trinajstić information content (AvgIpc) is 3.06. The Labute approximate surface area is 167 Å². The number of nitrogens with one attached hydrogen (secondary N) is 3. The molecule has 0 saturated carbocycles. The van der Waals surface area contributed by atoms with Crippen molar-refractivity contribution in [3.63, 3.8) is 0 Å². The predicted molar refractivity (Wildman–Crippen MR) is 110 cm³/mol. The summed E-state index contributed by atoms with van der Waals surface area (Å²) in [6.07, 6.45) is 4.39. The molecule has 0 spiro atoms. The lowest BCUT2D eigenvalue weighted by Crippen LogP contribution is -2.23. The van der Waals surface area contributed by atoms with Crippen LogP contribution in [0.3, 0.4) is 0 Å². The zero-order valence-electron chi connectivity index (χ0n) is 16.4. The van der Waals surface area contributed by atoms with Crippen molar-refractivity contribution in [3.8, 4) is 0 Å². The molecule has 29 heavy (non-hydrogen) atoms. The summed E-state index contributed by atoms with van der Waals surface area (Å²) in [6, 6.07) is 8.17. The van der Waals surface area contributed by atoms with Gasteiger partial charge in [0.25, 0.3) is 5.91 Å². The standard InChI is InChI=1S/C20H22FN7O/c1-27(2)19(29)17-8-15(12-28(17)3)25-20-24-11-14(9-22)18(26-20)23-10-13-6-4-5-7-16(13)21/h4-9,11-12,22H,10H2,1-3H3,(H2,23,24,25,26). The van der Waals surface area contributed by atoms with Gasteiger partial charge in [0, 0.05) is 51.9 Å². The summed E-state index contributed by atoms with van der Waals surface area (Å²) >= 11 is 0. The molecule has 0 aliphatic carbocycles. The Kier molecular flexibility index (Phi) is 5.87.